The molecule has 0 unspecified atom stereocenters. The van der Waals surface area contributed by atoms with Gasteiger partial charge in [0.05, 0.1) is 5.75 Å². The third-order valence-corrected chi connectivity index (χ3v) is 4.37. The van der Waals surface area contributed by atoms with Crippen molar-refractivity contribution < 1.29 is 9.59 Å². The number of ketones is 1. The molecule has 120 valence electrons. The summed E-state index contributed by atoms with van der Waals surface area (Å²) in [4.78, 5) is 24.2. The van der Waals surface area contributed by atoms with Crippen LogP contribution >= 0.6 is 11.8 Å². The molecule has 0 radical (unpaired) electrons. The maximum Gasteiger partial charge on any atom is 0.221 e. The third-order valence-electron chi connectivity index (χ3n) is 3.36. The highest BCUT2D eigenvalue weighted by atomic mass is 32.2. The topological polar surface area (TPSA) is 46.2 Å². The van der Waals surface area contributed by atoms with E-state index in [0.717, 1.165) is 29.0 Å². The number of hydrogen-bond acceptors (Lipinski definition) is 3. The maximum atomic E-state index is 12.2. The summed E-state index contributed by atoms with van der Waals surface area (Å²) in [6.07, 6.45) is 2.15. The van der Waals surface area contributed by atoms with Crippen molar-refractivity contribution in [3.8, 4) is 0 Å². The van der Waals surface area contributed by atoms with Gasteiger partial charge in [-0.25, -0.2) is 0 Å². The summed E-state index contributed by atoms with van der Waals surface area (Å²) in [6, 6.07) is 15.4. The number of anilines is 1. The fourth-order valence-electron chi connectivity index (χ4n) is 2.22. The van der Waals surface area contributed by atoms with Gasteiger partial charge < -0.3 is 5.32 Å². The molecule has 0 heterocycles. The molecule has 0 saturated carbocycles. The average Bonchev–Trinajstić information content (AvgIpc) is 2.54. The molecule has 0 spiro atoms. The zero-order valence-electron chi connectivity index (χ0n) is 13.5. The monoisotopic (exact) mass is 327 g/mol. The zero-order chi connectivity index (χ0) is 16.7. The van der Waals surface area contributed by atoms with Crippen LogP contribution in [0, 0.1) is 0 Å². The van der Waals surface area contributed by atoms with Crippen molar-refractivity contribution in [2.24, 2.45) is 0 Å². The summed E-state index contributed by atoms with van der Waals surface area (Å²) in [5, 5.41) is 2.72. The van der Waals surface area contributed by atoms with Crippen LogP contribution in [0.2, 0.25) is 0 Å². The Morgan fingerprint density at radius 1 is 1.00 bits per heavy atom. The lowest BCUT2D eigenvalue weighted by atomic mass is 10.1. The molecule has 4 heteroatoms. The number of carbonyl (C=O) groups is 2. The standard InChI is InChI=1S/C19H21NO2S/c1-3-4-15-5-7-16(8-6-15)19(22)13-23-18-11-9-17(10-12-18)20-14(2)21/h5-12H,3-4,13H2,1-2H3,(H,20,21). The molecule has 0 atom stereocenters. The fourth-order valence-corrected chi connectivity index (χ4v) is 3.01. The van der Waals surface area contributed by atoms with Crippen molar-refractivity contribution >= 4 is 29.1 Å². The van der Waals surface area contributed by atoms with Crippen LogP contribution in [-0.2, 0) is 11.2 Å². The van der Waals surface area contributed by atoms with Gasteiger partial charge in [-0.15, -0.1) is 11.8 Å². The Morgan fingerprint density at radius 2 is 1.65 bits per heavy atom. The van der Waals surface area contributed by atoms with E-state index in [0.29, 0.717) is 5.75 Å². The van der Waals surface area contributed by atoms with E-state index in [2.05, 4.69) is 12.2 Å². The Hall–Kier alpha value is -2.07. The number of rotatable bonds is 7. The van der Waals surface area contributed by atoms with E-state index in [1.165, 1.54) is 24.2 Å². The molecule has 0 bridgehead atoms. The van der Waals surface area contributed by atoms with Gasteiger partial charge in [0, 0.05) is 23.1 Å². The minimum atomic E-state index is -0.0906. The lowest BCUT2D eigenvalue weighted by molar-refractivity contribution is -0.114. The van der Waals surface area contributed by atoms with Crippen molar-refractivity contribution in [1.82, 2.24) is 0 Å². The van der Waals surface area contributed by atoms with Crippen LogP contribution in [0.3, 0.4) is 0 Å². The number of benzene rings is 2. The first kappa shape index (κ1) is 17.3. The SMILES string of the molecule is CCCc1ccc(C(=O)CSc2ccc(NC(C)=O)cc2)cc1. The van der Waals surface area contributed by atoms with Crippen molar-refractivity contribution in [3.63, 3.8) is 0 Å². The molecule has 1 amide bonds. The molecule has 0 fully saturated rings. The second-order valence-corrected chi connectivity index (χ2v) is 6.41. The van der Waals surface area contributed by atoms with E-state index in [1.54, 1.807) is 0 Å². The first-order chi connectivity index (χ1) is 11.1. The van der Waals surface area contributed by atoms with Gasteiger partial charge in [-0.3, -0.25) is 9.59 Å². The predicted octanol–water partition coefficient (Wildman–Crippen LogP) is 4.57. The quantitative estimate of drug-likeness (QED) is 0.598. The second-order valence-electron chi connectivity index (χ2n) is 5.36. The zero-order valence-corrected chi connectivity index (χ0v) is 14.3. The highest BCUT2D eigenvalue weighted by Crippen LogP contribution is 2.21. The molecular formula is C19H21NO2S. The third kappa shape index (κ3) is 5.57. The van der Waals surface area contributed by atoms with Crippen LogP contribution in [0.5, 0.6) is 0 Å². The first-order valence-corrected chi connectivity index (χ1v) is 8.69. The van der Waals surface area contributed by atoms with Gasteiger partial charge in [0.2, 0.25) is 5.91 Å². The molecule has 2 aromatic carbocycles. The Bertz CT molecular complexity index is 663. The molecule has 0 aliphatic heterocycles. The Balaban J connectivity index is 1.89. The lowest BCUT2D eigenvalue weighted by Crippen LogP contribution is -2.05. The summed E-state index contributed by atoms with van der Waals surface area (Å²) < 4.78 is 0. The van der Waals surface area contributed by atoms with Crippen LogP contribution in [0.1, 0.15) is 36.2 Å². The molecule has 23 heavy (non-hydrogen) atoms. The summed E-state index contributed by atoms with van der Waals surface area (Å²) in [7, 11) is 0. The molecule has 3 nitrogen and oxygen atoms in total. The van der Waals surface area contributed by atoms with Gasteiger partial charge in [-0.2, -0.15) is 0 Å². The number of nitrogens with one attached hydrogen (secondary N) is 1. The molecule has 0 aliphatic carbocycles. The number of hydrogen-bond donors (Lipinski definition) is 1. The van der Waals surface area contributed by atoms with Crippen LogP contribution in [0.4, 0.5) is 5.69 Å². The van der Waals surface area contributed by atoms with Gasteiger partial charge in [-0.1, -0.05) is 37.6 Å². The van der Waals surface area contributed by atoms with E-state index in [1.807, 2.05) is 48.5 Å². The number of Topliss-reactive ketones (excluding diaryl/α,β-unsaturated/α-hetero) is 1. The van der Waals surface area contributed by atoms with Gasteiger partial charge in [0.25, 0.3) is 0 Å². The van der Waals surface area contributed by atoms with Crippen molar-refractivity contribution in [1.29, 1.82) is 0 Å². The van der Waals surface area contributed by atoms with E-state index >= 15 is 0 Å². The molecular weight excluding hydrogens is 306 g/mol. The summed E-state index contributed by atoms with van der Waals surface area (Å²) in [5.41, 5.74) is 2.79. The van der Waals surface area contributed by atoms with Gasteiger partial charge in [0.1, 0.15) is 0 Å². The number of thioether (sulfide) groups is 1. The Kier molecular flexibility index (Phi) is 6.41. The Morgan fingerprint density at radius 3 is 2.22 bits per heavy atom. The van der Waals surface area contributed by atoms with Crippen LogP contribution in [-0.4, -0.2) is 17.4 Å². The molecule has 2 aromatic rings. The van der Waals surface area contributed by atoms with Gasteiger partial charge in [0.15, 0.2) is 5.78 Å². The predicted molar refractivity (Wildman–Crippen MR) is 96.2 cm³/mol. The summed E-state index contributed by atoms with van der Waals surface area (Å²) in [6.45, 7) is 3.63. The van der Waals surface area contributed by atoms with E-state index in [9.17, 15) is 9.59 Å². The number of amides is 1. The minimum Gasteiger partial charge on any atom is -0.326 e. The molecule has 2 rings (SSSR count). The van der Waals surface area contributed by atoms with Crippen molar-refractivity contribution in [2.75, 3.05) is 11.1 Å². The van der Waals surface area contributed by atoms with E-state index in [-0.39, 0.29) is 11.7 Å². The summed E-state index contributed by atoms with van der Waals surface area (Å²) in [5.74, 6) is 0.447. The van der Waals surface area contributed by atoms with Crippen LogP contribution in [0.15, 0.2) is 53.4 Å². The molecule has 0 aliphatic rings. The first-order valence-electron chi connectivity index (χ1n) is 7.71. The largest absolute Gasteiger partial charge is 0.326 e. The molecule has 0 saturated heterocycles. The molecule has 0 aromatic heterocycles. The fraction of sp³-hybridized carbons (Fsp3) is 0.263. The highest BCUT2D eigenvalue weighted by Gasteiger charge is 2.07. The smallest absolute Gasteiger partial charge is 0.221 e. The lowest BCUT2D eigenvalue weighted by Gasteiger charge is -2.05. The van der Waals surface area contributed by atoms with Crippen molar-refractivity contribution in [3.05, 3.63) is 59.7 Å². The van der Waals surface area contributed by atoms with Gasteiger partial charge in [-0.05, 0) is 36.2 Å². The maximum absolute atomic E-state index is 12.2. The van der Waals surface area contributed by atoms with Crippen LogP contribution < -0.4 is 5.32 Å². The van der Waals surface area contributed by atoms with E-state index in [4.69, 9.17) is 0 Å². The van der Waals surface area contributed by atoms with Crippen LogP contribution in [0.25, 0.3) is 0 Å². The van der Waals surface area contributed by atoms with E-state index < -0.39 is 0 Å². The average molecular weight is 327 g/mol. The molecule has 1 N–H and O–H groups in total. The summed E-state index contributed by atoms with van der Waals surface area (Å²) >= 11 is 1.50. The Labute approximate surface area is 141 Å². The second kappa shape index (κ2) is 8.53. The number of aryl methyl sites for hydroxylation is 1. The highest BCUT2D eigenvalue weighted by molar-refractivity contribution is 8.00. The van der Waals surface area contributed by atoms with Gasteiger partial charge >= 0.3 is 0 Å². The number of carbonyl (C=O) groups excluding carboxylic acids is 2. The minimum absolute atomic E-state index is 0.0906. The normalized spacial score (nSPS) is 10.3. The van der Waals surface area contributed by atoms with Crippen molar-refractivity contribution in [2.45, 2.75) is 31.6 Å².